The van der Waals surface area contributed by atoms with Gasteiger partial charge in [-0.25, -0.2) is 4.39 Å². The van der Waals surface area contributed by atoms with Gasteiger partial charge in [-0.3, -0.25) is 0 Å². The monoisotopic (exact) mass is 305 g/mol. The summed E-state index contributed by atoms with van der Waals surface area (Å²) in [6, 6.07) is 9.35. The molecule has 21 heavy (non-hydrogen) atoms. The van der Waals surface area contributed by atoms with Crippen LogP contribution in [0.15, 0.2) is 30.3 Å². The first-order valence-electron chi connectivity index (χ1n) is 7.20. The highest BCUT2D eigenvalue weighted by Gasteiger charge is 2.17. The first-order valence-corrected chi connectivity index (χ1v) is 7.58. The third-order valence-electron chi connectivity index (χ3n) is 3.88. The van der Waals surface area contributed by atoms with Crippen LogP contribution in [0.4, 0.5) is 4.39 Å². The Hall–Kier alpha value is -1.38. The molecule has 0 aliphatic heterocycles. The Labute approximate surface area is 131 Å². The zero-order valence-electron chi connectivity index (χ0n) is 12.9. The fourth-order valence-corrected chi connectivity index (χ4v) is 2.79. The molecule has 1 atom stereocenters. The normalized spacial score (nSPS) is 12.5. The van der Waals surface area contributed by atoms with Crippen molar-refractivity contribution in [3.05, 3.63) is 69.0 Å². The predicted octanol–water partition coefficient (Wildman–Crippen LogP) is 5.10. The fourth-order valence-electron chi connectivity index (χ4n) is 2.60. The maximum absolute atomic E-state index is 13.4. The Kier molecular flexibility index (Phi) is 5.02. The van der Waals surface area contributed by atoms with E-state index in [4.69, 9.17) is 11.6 Å². The molecule has 0 saturated heterocycles. The summed E-state index contributed by atoms with van der Waals surface area (Å²) in [4.78, 5) is 0. The molecule has 0 bridgehead atoms. The largest absolute Gasteiger partial charge is 0.307 e. The van der Waals surface area contributed by atoms with Gasteiger partial charge < -0.3 is 5.32 Å². The number of halogens is 2. The number of rotatable bonds is 4. The summed E-state index contributed by atoms with van der Waals surface area (Å²) in [6.07, 6.45) is 0. The lowest BCUT2D eigenvalue weighted by molar-refractivity contribution is 0.612. The average molecular weight is 306 g/mol. The van der Waals surface area contributed by atoms with Crippen molar-refractivity contribution < 1.29 is 4.39 Å². The van der Waals surface area contributed by atoms with E-state index in [1.165, 1.54) is 28.3 Å². The molecule has 2 aromatic rings. The summed E-state index contributed by atoms with van der Waals surface area (Å²) < 4.78 is 13.4. The molecule has 0 aliphatic carbocycles. The highest BCUT2D eigenvalue weighted by atomic mass is 35.5. The SMILES string of the molecule is CCNC(c1ccc(F)c(Cl)c1)c1cc(C)c(C)cc1C. The number of hydrogen-bond donors (Lipinski definition) is 1. The Morgan fingerprint density at radius 2 is 1.71 bits per heavy atom. The van der Waals surface area contributed by atoms with Crippen molar-refractivity contribution in [3.8, 4) is 0 Å². The molecule has 0 heterocycles. The maximum Gasteiger partial charge on any atom is 0.141 e. The van der Waals surface area contributed by atoms with Gasteiger partial charge in [-0.15, -0.1) is 0 Å². The van der Waals surface area contributed by atoms with Crippen LogP contribution in [0.2, 0.25) is 5.02 Å². The van der Waals surface area contributed by atoms with Gasteiger partial charge >= 0.3 is 0 Å². The number of hydrogen-bond acceptors (Lipinski definition) is 1. The van der Waals surface area contributed by atoms with Crippen LogP contribution < -0.4 is 5.32 Å². The molecule has 0 aliphatic rings. The van der Waals surface area contributed by atoms with E-state index in [0.717, 1.165) is 12.1 Å². The van der Waals surface area contributed by atoms with Crippen LogP contribution in [-0.4, -0.2) is 6.54 Å². The second-order valence-electron chi connectivity index (χ2n) is 5.46. The maximum atomic E-state index is 13.4. The number of benzene rings is 2. The molecule has 2 rings (SSSR count). The van der Waals surface area contributed by atoms with Crippen molar-refractivity contribution in [2.24, 2.45) is 0 Å². The van der Waals surface area contributed by atoms with E-state index in [1.807, 2.05) is 0 Å². The van der Waals surface area contributed by atoms with Crippen molar-refractivity contribution in [2.75, 3.05) is 6.54 Å². The van der Waals surface area contributed by atoms with Gasteiger partial charge in [0.1, 0.15) is 5.82 Å². The van der Waals surface area contributed by atoms with Crippen LogP contribution in [-0.2, 0) is 0 Å². The Balaban J connectivity index is 2.52. The van der Waals surface area contributed by atoms with Gasteiger partial charge in [0, 0.05) is 0 Å². The van der Waals surface area contributed by atoms with Crippen molar-refractivity contribution in [3.63, 3.8) is 0 Å². The molecule has 2 aromatic carbocycles. The van der Waals surface area contributed by atoms with Crippen molar-refractivity contribution in [1.82, 2.24) is 5.32 Å². The van der Waals surface area contributed by atoms with Gasteiger partial charge in [-0.1, -0.05) is 36.7 Å². The van der Waals surface area contributed by atoms with E-state index in [-0.39, 0.29) is 16.9 Å². The minimum Gasteiger partial charge on any atom is -0.307 e. The van der Waals surface area contributed by atoms with Crippen molar-refractivity contribution >= 4 is 11.6 Å². The zero-order valence-corrected chi connectivity index (χ0v) is 13.7. The van der Waals surface area contributed by atoms with Crippen molar-refractivity contribution in [1.29, 1.82) is 0 Å². The summed E-state index contributed by atoms with van der Waals surface area (Å²) in [7, 11) is 0. The molecule has 0 amide bonds. The molecule has 0 saturated carbocycles. The Bertz CT molecular complexity index is 652. The van der Waals surface area contributed by atoms with Gasteiger partial charge in [0.05, 0.1) is 11.1 Å². The van der Waals surface area contributed by atoms with Gasteiger partial charge in [0.15, 0.2) is 0 Å². The standard InChI is InChI=1S/C18H21ClFN/c1-5-21-18(14-6-7-17(20)16(19)10-14)15-9-12(3)11(2)8-13(15)4/h6-10,18,21H,5H2,1-4H3. The molecule has 1 nitrogen and oxygen atoms in total. The van der Waals surface area contributed by atoms with Crippen molar-refractivity contribution in [2.45, 2.75) is 33.7 Å². The molecule has 112 valence electrons. The number of nitrogens with one attached hydrogen (secondary N) is 1. The smallest absolute Gasteiger partial charge is 0.141 e. The highest BCUT2D eigenvalue weighted by Crippen LogP contribution is 2.29. The second kappa shape index (κ2) is 6.59. The molecular formula is C18H21ClFN. The first-order chi connectivity index (χ1) is 9.93. The lowest BCUT2D eigenvalue weighted by Gasteiger charge is -2.22. The van der Waals surface area contributed by atoms with E-state index in [2.05, 4.69) is 45.1 Å². The predicted molar refractivity (Wildman–Crippen MR) is 87.6 cm³/mol. The topological polar surface area (TPSA) is 12.0 Å². The van der Waals surface area contributed by atoms with E-state index >= 15 is 0 Å². The quantitative estimate of drug-likeness (QED) is 0.828. The van der Waals surface area contributed by atoms with Crippen LogP contribution >= 0.6 is 11.6 Å². The zero-order chi connectivity index (χ0) is 15.6. The Morgan fingerprint density at radius 1 is 1.05 bits per heavy atom. The van der Waals surface area contributed by atoms with Crippen LogP contribution in [0.5, 0.6) is 0 Å². The molecule has 3 heteroatoms. The average Bonchev–Trinajstić information content (AvgIpc) is 2.44. The van der Waals surface area contributed by atoms with Gasteiger partial charge in [0.2, 0.25) is 0 Å². The van der Waals surface area contributed by atoms with Gasteiger partial charge in [0.25, 0.3) is 0 Å². The molecule has 1 unspecified atom stereocenters. The molecular weight excluding hydrogens is 285 g/mol. The van der Waals surface area contributed by atoms with E-state index in [1.54, 1.807) is 12.1 Å². The van der Waals surface area contributed by atoms with E-state index < -0.39 is 0 Å². The summed E-state index contributed by atoms with van der Waals surface area (Å²) in [5.74, 6) is -0.382. The lowest BCUT2D eigenvalue weighted by Crippen LogP contribution is -2.23. The molecule has 0 spiro atoms. The molecule has 0 fully saturated rings. The van der Waals surface area contributed by atoms with Crippen LogP contribution in [0.3, 0.4) is 0 Å². The minimum absolute atomic E-state index is 0.0207. The Morgan fingerprint density at radius 3 is 2.33 bits per heavy atom. The molecule has 1 N–H and O–H groups in total. The first kappa shape index (κ1) is 16.0. The van der Waals surface area contributed by atoms with Crippen LogP contribution in [0.25, 0.3) is 0 Å². The summed E-state index contributed by atoms with van der Waals surface area (Å²) in [5.41, 5.74) is 5.96. The third kappa shape index (κ3) is 3.45. The fraction of sp³-hybridized carbons (Fsp3) is 0.333. The second-order valence-corrected chi connectivity index (χ2v) is 5.86. The number of aryl methyl sites for hydroxylation is 3. The van der Waals surface area contributed by atoms with Crippen LogP contribution in [0, 0.1) is 26.6 Å². The highest BCUT2D eigenvalue weighted by molar-refractivity contribution is 6.30. The molecule has 0 aromatic heterocycles. The van der Waals surface area contributed by atoms with E-state index in [0.29, 0.717) is 0 Å². The summed E-state index contributed by atoms with van der Waals surface area (Å²) in [5, 5.41) is 3.63. The van der Waals surface area contributed by atoms with Gasteiger partial charge in [-0.05, 0) is 67.3 Å². The third-order valence-corrected chi connectivity index (χ3v) is 4.17. The lowest BCUT2D eigenvalue weighted by atomic mass is 9.91. The van der Waals surface area contributed by atoms with E-state index in [9.17, 15) is 4.39 Å². The minimum atomic E-state index is -0.382. The summed E-state index contributed by atoms with van der Waals surface area (Å²) >= 11 is 5.94. The molecule has 0 radical (unpaired) electrons. The van der Waals surface area contributed by atoms with Gasteiger partial charge in [-0.2, -0.15) is 0 Å². The summed E-state index contributed by atoms with van der Waals surface area (Å²) in [6.45, 7) is 9.22. The van der Waals surface area contributed by atoms with Crippen LogP contribution in [0.1, 0.15) is 40.8 Å².